The summed E-state index contributed by atoms with van der Waals surface area (Å²) in [6, 6.07) is 12.6. The normalized spacial score (nSPS) is 10.6. The first kappa shape index (κ1) is 12.0. The van der Waals surface area contributed by atoms with Crippen LogP contribution in [0.3, 0.4) is 0 Å². The van der Waals surface area contributed by atoms with Gasteiger partial charge in [-0.2, -0.15) is 0 Å². The maximum absolute atomic E-state index is 4.21. The monoisotopic (exact) mass is 269 g/mol. The zero-order valence-electron chi connectivity index (χ0n) is 10.7. The van der Waals surface area contributed by atoms with Crippen molar-refractivity contribution in [3.05, 3.63) is 59.5 Å². The molecule has 0 spiro atoms. The number of nitrogens with zero attached hydrogens (tertiary/aromatic N) is 1. The molecule has 2 N–H and O–H groups in total. The Kier molecular flexibility index (Phi) is 3.33. The topological polar surface area (TPSA) is 40.7 Å². The van der Waals surface area contributed by atoms with Gasteiger partial charge in [-0.1, -0.05) is 24.3 Å². The molecule has 0 fully saturated rings. The second-order valence-corrected chi connectivity index (χ2v) is 5.32. The molecule has 19 heavy (non-hydrogen) atoms. The predicted octanol–water partition coefficient (Wildman–Crippen LogP) is 4.06. The van der Waals surface area contributed by atoms with E-state index in [0.29, 0.717) is 0 Å². The van der Waals surface area contributed by atoms with Crippen molar-refractivity contribution in [1.82, 2.24) is 9.97 Å². The Morgan fingerprint density at radius 2 is 2.11 bits per heavy atom. The smallest absolute Gasteiger partial charge is 0.103 e. The van der Waals surface area contributed by atoms with Crippen LogP contribution in [0.15, 0.2) is 48.0 Å². The Labute approximate surface area is 116 Å². The number of rotatable bonds is 4. The number of benzene rings is 1. The molecule has 3 rings (SSSR count). The van der Waals surface area contributed by atoms with Crippen LogP contribution in [0.25, 0.3) is 10.4 Å². The van der Waals surface area contributed by atoms with Crippen LogP contribution in [0.1, 0.15) is 11.5 Å². The minimum Gasteiger partial charge on any atom is -0.379 e. The second kappa shape index (κ2) is 5.28. The number of hydrogen-bond donors (Lipinski definition) is 2. The van der Waals surface area contributed by atoms with Gasteiger partial charge in [-0.25, -0.2) is 4.98 Å². The Bertz CT molecular complexity index is 656. The van der Waals surface area contributed by atoms with Crippen molar-refractivity contribution >= 4 is 17.0 Å². The highest BCUT2D eigenvalue weighted by molar-refractivity contribution is 7.13. The van der Waals surface area contributed by atoms with Crippen LogP contribution in [0.5, 0.6) is 0 Å². The highest BCUT2D eigenvalue weighted by Crippen LogP contribution is 2.31. The number of imidazole rings is 1. The molecule has 0 aliphatic heterocycles. The van der Waals surface area contributed by atoms with Crippen molar-refractivity contribution in [1.29, 1.82) is 0 Å². The number of aromatic amines is 1. The van der Waals surface area contributed by atoms with Crippen molar-refractivity contribution in [2.24, 2.45) is 0 Å². The highest BCUT2D eigenvalue weighted by Gasteiger charge is 2.05. The molecule has 0 saturated heterocycles. The van der Waals surface area contributed by atoms with Crippen molar-refractivity contribution in [3.63, 3.8) is 0 Å². The summed E-state index contributed by atoms with van der Waals surface area (Å²) < 4.78 is 0. The van der Waals surface area contributed by atoms with Crippen LogP contribution >= 0.6 is 11.3 Å². The molecule has 0 radical (unpaired) electrons. The number of aryl methyl sites for hydroxylation is 1. The van der Waals surface area contributed by atoms with Gasteiger partial charge in [-0.15, -0.1) is 11.3 Å². The van der Waals surface area contributed by atoms with Gasteiger partial charge in [0.1, 0.15) is 5.82 Å². The molecule has 2 heterocycles. The molecule has 0 amide bonds. The zero-order chi connectivity index (χ0) is 13.1. The highest BCUT2D eigenvalue weighted by atomic mass is 32.1. The average Bonchev–Trinajstić information content (AvgIpc) is 3.08. The molecule has 2 aromatic heterocycles. The number of aromatic nitrogens is 2. The summed E-state index contributed by atoms with van der Waals surface area (Å²) in [5.74, 6) is 0.948. The van der Waals surface area contributed by atoms with Gasteiger partial charge in [0.05, 0.1) is 18.4 Å². The van der Waals surface area contributed by atoms with Crippen LogP contribution in [0.4, 0.5) is 5.69 Å². The summed E-state index contributed by atoms with van der Waals surface area (Å²) in [5, 5.41) is 5.57. The zero-order valence-corrected chi connectivity index (χ0v) is 11.5. The van der Waals surface area contributed by atoms with Crippen molar-refractivity contribution in [2.75, 3.05) is 5.32 Å². The van der Waals surface area contributed by atoms with Gasteiger partial charge >= 0.3 is 0 Å². The molecule has 1 aromatic carbocycles. The van der Waals surface area contributed by atoms with Crippen molar-refractivity contribution in [3.8, 4) is 10.4 Å². The minimum absolute atomic E-state index is 0.753. The summed E-state index contributed by atoms with van der Waals surface area (Å²) in [4.78, 5) is 8.72. The minimum atomic E-state index is 0.753. The molecule has 0 atom stereocenters. The number of H-pyrrole nitrogens is 1. The lowest BCUT2D eigenvalue weighted by molar-refractivity contribution is 1.05. The SMILES string of the molecule is Cc1ncc(CNc2ccccc2-c2cccs2)[nH]1. The molecule has 0 saturated carbocycles. The van der Waals surface area contributed by atoms with Crippen molar-refractivity contribution in [2.45, 2.75) is 13.5 Å². The molecule has 4 heteroatoms. The third-order valence-electron chi connectivity index (χ3n) is 2.94. The third kappa shape index (κ3) is 2.69. The molecule has 0 bridgehead atoms. The van der Waals surface area contributed by atoms with Crippen LogP contribution in [-0.2, 0) is 6.54 Å². The van der Waals surface area contributed by atoms with E-state index in [4.69, 9.17) is 0 Å². The summed E-state index contributed by atoms with van der Waals surface area (Å²) in [7, 11) is 0. The Hall–Kier alpha value is -2.07. The van der Waals surface area contributed by atoms with E-state index in [1.807, 2.05) is 13.1 Å². The van der Waals surface area contributed by atoms with Crippen LogP contribution in [-0.4, -0.2) is 9.97 Å². The van der Waals surface area contributed by atoms with E-state index >= 15 is 0 Å². The molecular formula is C15H15N3S. The lowest BCUT2D eigenvalue weighted by Gasteiger charge is -2.10. The molecule has 3 nitrogen and oxygen atoms in total. The molecule has 3 aromatic rings. The van der Waals surface area contributed by atoms with Gasteiger partial charge in [0.25, 0.3) is 0 Å². The Morgan fingerprint density at radius 3 is 2.84 bits per heavy atom. The van der Waals surface area contributed by atoms with Gasteiger partial charge in [0.15, 0.2) is 0 Å². The fourth-order valence-electron chi connectivity index (χ4n) is 2.04. The van der Waals surface area contributed by atoms with Gasteiger partial charge in [0, 0.05) is 16.1 Å². The molecule has 0 aliphatic carbocycles. The summed E-state index contributed by atoms with van der Waals surface area (Å²) >= 11 is 1.76. The predicted molar refractivity (Wildman–Crippen MR) is 80.4 cm³/mol. The maximum Gasteiger partial charge on any atom is 0.103 e. The summed E-state index contributed by atoms with van der Waals surface area (Å²) in [6.45, 7) is 2.71. The van der Waals surface area contributed by atoms with Gasteiger partial charge in [-0.3, -0.25) is 0 Å². The maximum atomic E-state index is 4.21. The van der Waals surface area contributed by atoms with Crippen LogP contribution in [0, 0.1) is 6.92 Å². The summed E-state index contributed by atoms with van der Waals surface area (Å²) in [6.07, 6.45) is 1.87. The standard InChI is InChI=1S/C15H15N3S/c1-11-16-9-12(18-11)10-17-14-6-3-2-5-13(14)15-7-4-8-19-15/h2-9,17H,10H2,1H3,(H,16,18). The van der Waals surface area contributed by atoms with E-state index in [9.17, 15) is 0 Å². The lowest BCUT2D eigenvalue weighted by atomic mass is 10.1. The first-order valence-corrected chi connectivity index (χ1v) is 7.08. The fraction of sp³-hybridized carbons (Fsp3) is 0.133. The Morgan fingerprint density at radius 1 is 1.21 bits per heavy atom. The number of hydrogen-bond acceptors (Lipinski definition) is 3. The van der Waals surface area contributed by atoms with Gasteiger partial charge < -0.3 is 10.3 Å². The first-order valence-electron chi connectivity index (χ1n) is 6.20. The van der Waals surface area contributed by atoms with E-state index in [-0.39, 0.29) is 0 Å². The van der Waals surface area contributed by atoms with Gasteiger partial charge in [0.2, 0.25) is 0 Å². The third-order valence-corrected chi connectivity index (χ3v) is 3.84. The average molecular weight is 269 g/mol. The van der Waals surface area contributed by atoms with E-state index < -0.39 is 0 Å². The van der Waals surface area contributed by atoms with Crippen LogP contribution in [0.2, 0.25) is 0 Å². The van der Waals surface area contributed by atoms with E-state index in [1.165, 1.54) is 10.4 Å². The first-order chi connectivity index (χ1) is 9.33. The largest absolute Gasteiger partial charge is 0.379 e. The number of para-hydroxylation sites is 1. The van der Waals surface area contributed by atoms with E-state index in [1.54, 1.807) is 11.3 Å². The second-order valence-electron chi connectivity index (χ2n) is 4.37. The van der Waals surface area contributed by atoms with E-state index in [0.717, 1.165) is 23.8 Å². The lowest BCUT2D eigenvalue weighted by Crippen LogP contribution is -2.00. The molecular weight excluding hydrogens is 254 g/mol. The molecule has 0 aliphatic rings. The van der Waals surface area contributed by atoms with E-state index in [2.05, 4.69) is 57.1 Å². The molecule has 96 valence electrons. The number of anilines is 1. The summed E-state index contributed by atoms with van der Waals surface area (Å²) in [5.41, 5.74) is 3.49. The fourth-order valence-corrected chi connectivity index (χ4v) is 2.80. The quantitative estimate of drug-likeness (QED) is 0.750. The number of thiophene rings is 1. The van der Waals surface area contributed by atoms with Gasteiger partial charge in [-0.05, 0) is 24.4 Å². The molecule has 0 unspecified atom stereocenters. The number of nitrogens with one attached hydrogen (secondary N) is 2. The van der Waals surface area contributed by atoms with Crippen LogP contribution < -0.4 is 5.32 Å². The Balaban J connectivity index is 1.81. The van der Waals surface area contributed by atoms with Crippen molar-refractivity contribution < 1.29 is 0 Å².